The Morgan fingerprint density at radius 1 is 1.65 bits per heavy atom. The molecule has 0 aromatic carbocycles. The zero-order chi connectivity index (χ0) is 12.4. The maximum Gasteiger partial charge on any atom is 0.277 e. The Kier molecular flexibility index (Phi) is 3.16. The van der Waals surface area contributed by atoms with Crippen molar-refractivity contribution in [3.8, 4) is 0 Å². The molecule has 7 nitrogen and oxygen atoms in total. The highest BCUT2D eigenvalue weighted by molar-refractivity contribution is 7.09. The molecule has 1 unspecified atom stereocenters. The van der Waals surface area contributed by atoms with Gasteiger partial charge in [0.2, 0.25) is 5.95 Å². The molecule has 8 heteroatoms. The quantitative estimate of drug-likeness (QED) is 0.830. The summed E-state index contributed by atoms with van der Waals surface area (Å²) >= 11 is 1.36. The lowest BCUT2D eigenvalue weighted by Gasteiger charge is -2.01. The number of thiazole rings is 1. The van der Waals surface area contributed by atoms with E-state index >= 15 is 0 Å². The number of carbonyl (C=O) groups is 1. The number of carbonyl (C=O) groups excluding carboxylic acids is 1. The molecule has 2 heterocycles. The number of aryl methyl sites for hydroxylation is 1. The van der Waals surface area contributed by atoms with Crippen LogP contribution in [0, 0.1) is 0 Å². The van der Waals surface area contributed by atoms with Crippen molar-refractivity contribution in [3.05, 3.63) is 22.4 Å². The fraction of sp³-hybridized carbons (Fsp3) is 0.333. The van der Waals surface area contributed by atoms with Gasteiger partial charge in [-0.15, -0.1) is 11.3 Å². The van der Waals surface area contributed by atoms with Crippen LogP contribution in [0.5, 0.6) is 0 Å². The average molecular weight is 252 g/mol. The van der Waals surface area contributed by atoms with Gasteiger partial charge in [-0.1, -0.05) is 0 Å². The summed E-state index contributed by atoms with van der Waals surface area (Å²) in [6.07, 6.45) is 1.37. The molecule has 0 aliphatic rings. The van der Waals surface area contributed by atoms with Gasteiger partial charge >= 0.3 is 0 Å². The predicted octanol–water partition coefficient (Wildman–Crippen LogP) is 0.544. The highest BCUT2D eigenvalue weighted by Gasteiger charge is 2.14. The molecule has 1 amide bonds. The van der Waals surface area contributed by atoms with Gasteiger partial charge in [-0.2, -0.15) is 10.1 Å². The molecule has 17 heavy (non-hydrogen) atoms. The van der Waals surface area contributed by atoms with Gasteiger partial charge in [-0.25, -0.2) is 9.67 Å². The zero-order valence-corrected chi connectivity index (χ0v) is 10.2. The fourth-order valence-corrected chi connectivity index (χ4v) is 1.93. The van der Waals surface area contributed by atoms with Crippen LogP contribution in [0.1, 0.15) is 28.5 Å². The van der Waals surface area contributed by atoms with Gasteiger partial charge in [0, 0.05) is 12.4 Å². The van der Waals surface area contributed by atoms with E-state index in [1.807, 2.05) is 6.92 Å². The summed E-state index contributed by atoms with van der Waals surface area (Å²) in [6, 6.07) is -0.170. The van der Waals surface area contributed by atoms with Gasteiger partial charge in [0.05, 0.1) is 6.04 Å². The molecule has 2 aromatic heterocycles. The molecule has 0 bridgehead atoms. The number of aromatic nitrogens is 4. The standard InChI is InChI=1S/C9H12N6OS/c1-5(10)8-13-6(3-17-8)7(16)14-9-11-4-12-15(9)2/h3-5H,10H2,1-2H3,(H,11,12,14,16). The Labute approximate surface area is 102 Å². The smallest absolute Gasteiger partial charge is 0.277 e. The number of rotatable bonds is 3. The second-order valence-corrected chi connectivity index (χ2v) is 4.41. The molecule has 0 aliphatic heterocycles. The van der Waals surface area contributed by atoms with Gasteiger partial charge in [-0.05, 0) is 6.92 Å². The van der Waals surface area contributed by atoms with Crippen LogP contribution in [-0.2, 0) is 7.05 Å². The predicted molar refractivity (Wildman–Crippen MR) is 63.7 cm³/mol. The summed E-state index contributed by atoms with van der Waals surface area (Å²) in [5.74, 6) is 0.0644. The van der Waals surface area contributed by atoms with Crippen LogP contribution in [0.25, 0.3) is 0 Å². The maximum atomic E-state index is 11.8. The molecule has 0 saturated carbocycles. The Hall–Kier alpha value is -1.80. The molecule has 0 radical (unpaired) electrons. The SMILES string of the molecule is CC(N)c1nc(C(=O)Nc2ncnn2C)cs1. The van der Waals surface area contributed by atoms with Gasteiger partial charge in [0.25, 0.3) is 5.91 Å². The van der Waals surface area contributed by atoms with Gasteiger partial charge in [-0.3, -0.25) is 10.1 Å². The summed E-state index contributed by atoms with van der Waals surface area (Å²) in [4.78, 5) is 19.8. The van der Waals surface area contributed by atoms with Gasteiger partial charge < -0.3 is 5.73 Å². The molecule has 0 aliphatic carbocycles. The van der Waals surface area contributed by atoms with Gasteiger partial charge in [0.15, 0.2) is 0 Å². The van der Waals surface area contributed by atoms with E-state index in [1.54, 1.807) is 12.4 Å². The lowest BCUT2D eigenvalue weighted by atomic mass is 10.4. The van der Waals surface area contributed by atoms with Crippen molar-refractivity contribution < 1.29 is 4.79 Å². The summed E-state index contributed by atoms with van der Waals surface area (Å²) in [6.45, 7) is 1.82. The number of hydrogen-bond donors (Lipinski definition) is 2. The third-order valence-electron chi connectivity index (χ3n) is 2.08. The largest absolute Gasteiger partial charge is 0.322 e. The minimum Gasteiger partial charge on any atom is -0.322 e. The van der Waals surface area contributed by atoms with Crippen molar-refractivity contribution in [1.82, 2.24) is 19.7 Å². The number of amides is 1. The zero-order valence-electron chi connectivity index (χ0n) is 9.41. The minimum atomic E-state index is -0.316. The summed E-state index contributed by atoms with van der Waals surface area (Å²) in [5, 5.41) is 8.86. The molecular weight excluding hydrogens is 240 g/mol. The number of nitrogens with one attached hydrogen (secondary N) is 1. The van der Waals surface area contributed by atoms with Crippen molar-refractivity contribution in [3.63, 3.8) is 0 Å². The molecule has 90 valence electrons. The second-order valence-electron chi connectivity index (χ2n) is 3.52. The third kappa shape index (κ3) is 2.48. The molecule has 0 spiro atoms. The Balaban J connectivity index is 2.12. The van der Waals surface area contributed by atoms with E-state index in [4.69, 9.17) is 5.73 Å². The number of anilines is 1. The first-order valence-corrected chi connectivity index (χ1v) is 5.82. The highest BCUT2D eigenvalue weighted by atomic mass is 32.1. The monoisotopic (exact) mass is 252 g/mol. The normalized spacial score (nSPS) is 12.4. The molecule has 2 aromatic rings. The first kappa shape index (κ1) is 11.7. The second kappa shape index (κ2) is 4.60. The van der Waals surface area contributed by atoms with E-state index in [0.717, 1.165) is 5.01 Å². The maximum absolute atomic E-state index is 11.8. The first-order valence-electron chi connectivity index (χ1n) is 4.94. The molecule has 2 rings (SSSR count). The fourth-order valence-electron chi connectivity index (χ4n) is 1.18. The topological polar surface area (TPSA) is 98.7 Å². The van der Waals surface area contributed by atoms with Crippen molar-refractivity contribution in [2.24, 2.45) is 12.8 Å². The first-order chi connectivity index (χ1) is 8.08. The van der Waals surface area contributed by atoms with E-state index in [0.29, 0.717) is 11.6 Å². The van der Waals surface area contributed by atoms with Crippen molar-refractivity contribution >= 4 is 23.2 Å². The van der Waals surface area contributed by atoms with Crippen LogP contribution in [0.15, 0.2) is 11.7 Å². The van der Waals surface area contributed by atoms with Crippen LogP contribution in [-0.4, -0.2) is 25.7 Å². The van der Waals surface area contributed by atoms with Crippen LogP contribution in [0.3, 0.4) is 0 Å². The van der Waals surface area contributed by atoms with E-state index in [-0.39, 0.29) is 11.9 Å². The highest BCUT2D eigenvalue weighted by Crippen LogP contribution is 2.16. The number of nitrogens with zero attached hydrogens (tertiary/aromatic N) is 4. The minimum absolute atomic E-state index is 0.170. The molecule has 3 N–H and O–H groups in total. The average Bonchev–Trinajstić information content (AvgIpc) is 2.88. The Bertz CT molecular complexity index is 531. The van der Waals surface area contributed by atoms with E-state index in [1.165, 1.54) is 22.3 Å². The molecule has 1 atom stereocenters. The van der Waals surface area contributed by atoms with Crippen LogP contribution in [0.2, 0.25) is 0 Å². The summed E-state index contributed by atoms with van der Waals surface area (Å²) < 4.78 is 1.47. The van der Waals surface area contributed by atoms with Crippen molar-refractivity contribution in [2.45, 2.75) is 13.0 Å². The summed E-state index contributed by atoms with van der Waals surface area (Å²) in [5.41, 5.74) is 6.02. The van der Waals surface area contributed by atoms with Gasteiger partial charge in [0.1, 0.15) is 17.0 Å². The van der Waals surface area contributed by atoms with Crippen molar-refractivity contribution in [2.75, 3.05) is 5.32 Å². The van der Waals surface area contributed by atoms with Crippen molar-refractivity contribution in [1.29, 1.82) is 0 Å². The van der Waals surface area contributed by atoms with Crippen LogP contribution >= 0.6 is 11.3 Å². The van der Waals surface area contributed by atoms with Crippen LogP contribution in [0.4, 0.5) is 5.95 Å². The van der Waals surface area contributed by atoms with E-state index < -0.39 is 0 Å². The Morgan fingerprint density at radius 3 is 2.94 bits per heavy atom. The number of hydrogen-bond acceptors (Lipinski definition) is 6. The summed E-state index contributed by atoms with van der Waals surface area (Å²) in [7, 11) is 1.69. The van der Waals surface area contributed by atoms with E-state index in [9.17, 15) is 4.79 Å². The molecule has 0 saturated heterocycles. The molecule has 0 fully saturated rings. The molecular formula is C9H12N6OS. The third-order valence-corrected chi connectivity index (χ3v) is 3.13. The van der Waals surface area contributed by atoms with E-state index in [2.05, 4.69) is 20.4 Å². The lowest BCUT2D eigenvalue weighted by Crippen LogP contribution is -2.16. The lowest BCUT2D eigenvalue weighted by molar-refractivity contribution is 0.102. The van der Waals surface area contributed by atoms with Crippen LogP contribution < -0.4 is 11.1 Å². The Morgan fingerprint density at radius 2 is 2.41 bits per heavy atom. The number of nitrogens with two attached hydrogens (primary N) is 1.